The van der Waals surface area contributed by atoms with E-state index < -0.39 is 10.0 Å². The molecule has 1 aromatic carbocycles. The Labute approximate surface area is 122 Å². The number of hydrogen-bond donors (Lipinski definition) is 0. The van der Waals surface area contributed by atoms with Crippen LogP contribution in [0.1, 0.15) is 11.1 Å². The van der Waals surface area contributed by atoms with Gasteiger partial charge in [0.05, 0.1) is 15.6 Å². The highest BCUT2D eigenvalue weighted by Crippen LogP contribution is 2.20. The summed E-state index contributed by atoms with van der Waals surface area (Å²) in [6.07, 6.45) is 3.77. The van der Waals surface area contributed by atoms with Crippen molar-refractivity contribution >= 4 is 33.1 Å². The zero-order chi connectivity index (χ0) is 14.9. The van der Waals surface area contributed by atoms with Crippen molar-refractivity contribution in [3.8, 4) is 0 Å². The van der Waals surface area contributed by atoms with Crippen molar-refractivity contribution in [3.63, 3.8) is 0 Å². The fraction of sp³-hybridized carbons (Fsp3) is 0.143. The summed E-state index contributed by atoms with van der Waals surface area (Å²) in [5, 5.41) is -0.0533. The first-order chi connectivity index (χ1) is 9.29. The summed E-state index contributed by atoms with van der Waals surface area (Å²) >= 11 is 5.68. The van der Waals surface area contributed by atoms with Crippen molar-refractivity contribution in [2.45, 2.75) is 18.7 Å². The van der Waals surface area contributed by atoms with Crippen LogP contribution in [0.3, 0.4) is 0 Å². The molecule has 0 aromatic heterocycles. The van der Waals surface area contributed by atoms with Gasteiger partial charge in [-0.2, -0.15) is 12.8 Å². The van der Waals surface area contributed by atoms with E-state index in [2.05, 4.69) is 4.40 Å². The van der Waals surface area contributed by atoms with Gasteiger partial charge in [0.25, 0.3) is 10.0 Å². The largest absolute Gasteiger partial charge is 0.288 e. The number of hydrogen-bond acceptors (Lipinski definition) is 3. The molecule has 0 bridgehead atoms. The molecule has 0 fully saturated rings. The predicted octanol–water partition coefficient (Wildman–Crippen LogP) is 2.69. The number of carbonyl (C=O) groups is 1. The van der Waals surface area contributed by atoms with Gasteiger partial charge in [-0.15, -0.1) is 0 Å². The zero-order valence-electron chi connectivity index (χ0n) is 10.9. The van der Waals surface area contributed by atoms with Crippen LogP contribution in [0.25, 0.3) is 0 Å². The van der Waals surface area contributed by atoms with Crippen molar-refractivity contribution in [2.75, 3.05) is 0 Å². The van der Waals surface area contributed by atoms with E-state index in [0.717, 1.165) is 5.56 Å². The number of allylic oxidation sites excluding steroid dienone is 4. The number of aryl methyl sites for hydroxylation is 2. The maximum atomic E-state index is 12.3. The molecule has 0 atom stereocenters. The van der Waals surface area contributed by atoms with Crippen molar-refractivity contribution < 1.29 is 13.2 Å². The SMILES string of the molecule is Cc1ccc(C)c(S(=O)(=O)/N=C2/C=CC(=O)C(Cl)=C2)c1. The summed E-state index contributed by atoms with van der Waals surface area (Å²) in [7, 11) is -3.83. The zero-order valence-corrected chi connectivity index (χ0v) is 12.5. The molecular formula is C14H12ClNO3S. The molecule has 0 spiro atoms. The van der Waals surface area contributed by atoms with E-state index in [-0.39, 0.29) is 21.4 Å². The number of benzene rings is 1. The second-order valence-electron chi connectivity index (χ2n) is 4.45. The van der Waals surface area contributed by atoms with Crippen LogP contribution in [0.5, 0.6) is 0 Å². The molecule has 0 saturated carbocycles. The molecule has 2 rings (SSSR count). The predicted molar refractivity (Wildman–Crippen MR) is 78.6 cm³/mol. The molecule has 1 aliphatic rings. The van der Waals surface area contributed by atoms with E-state index in [9.17, 15) is 13.2 Å². The summed E-state index contributed by atoms with van der Waals surface area (Å²) in [4.78, 5) is 11.3. The van der Waals surface area contributed by atoms with E-state index in [0.29, 0.717) is 5.56 Å². The Morgan fingerprint density at radius 3 is 2.50 bits per heavy atom. The minimum Gasteiger partial charge on any atom is -0.288 e. The third kappa shape index (κ3) is 3.05. The lowest BCUT2D eigenvalue weighted by atomic mass is 10.2. The maximum absolute atomic E-state index is 12.3. The van der Waals surface area contributed by atoms with Crippen LogP contribution in [0.4, 0.5) is 0 Å². The third-order valence-corrected chi connectivity index (χ3v) is 4.50. The summed E-state index contributed by atoms with van der Waals surface area (Å²) in [5.41, 5.74) is 1.58. The van der Waals surface area contributed by atoms with E-state index in [1.807, 2.05) is 13.0 Å². The highest BCUT2D eigenvalue weighted by molar-refractivity contribution is 7.90. The molecule has 0 saturated heterocycles. The highest BCUT2D eigenvalue weighted by atomic mass is 35.5. The Balaban J connectivity index is 2.50. The molecule has 104 valence electrons. The standard InChI is InChI=1S/C14H12ClNO3S/c1-9-3-4-10(2)14(7-9)20(18,19)16-11-5-6-13(17)12(15)8-11/h3-8H,1-2H3/b16-11-. The Bertz CT molecular complexity index is 774. The van der Waals surface area contributed by atoms with Gasteiger partial charge in [0.2, 0.25) is 0 Å². The Kier molecular flexibility index (Phi) is 3.92. The van der Waals surface area contributed by atoms with Gasteiger partial charge in [0.15, 0.2) is 5.78 Å². The molecule has 0 radical (unpaired) electrons. The Morgan fingerprint density at radius 1 is 1.15 bits per heavy atom. The topological polar surface area (TPSA) is 63.6 Å². The molecule has 0 amide bonds. The average Bonchev–Trinajstić information content (AvgIpc) is 2.36. The van der Waals surface area contributed by atoms with Gasteiger partial charge in [0.1, 0.15) is 0 Å². The lowest BCUT2D eigenvalue weighted by molar-refractivity contribution is -0.110. The molecule has 1 aromatic rings. The highest BCUT2D eigenvalue weighted by Gasteiger charge is 2.18. The normalized spacial score (nSPS) is 17.4. The van der Waals surface area contributed by atoms with Crippen LogP contribution in [-0.4, -0.2) is 19.9 Å². The van der Waals surface area contributed by atoms with Crippen molar-refractivity contribution in [1.29, 1.82) is 0 Å². The van der Waals surface area contributed by atoms with E-state index in [4.69, 9.17) is 11.6 Å². The van der Waals surface area contributed by atoms with Crippen LogP contribution in [-0.2, 0) is 14.8 Å². The quantitative estimate of drug-likeness (QED) is 0.789. The number of nitrogens with zero attached hydrogens (tertiary/aromatic N) is 1. The summed E-state index contributed by atoms with van der Waals surface area (Å²) in [6, 6.07) is 5.13. The molecule has 20 heavy (non-hydrogen) atoms. The number of sulfonamides is 1. The molecule has 4 nitrogen and oxygen atoms in total. The first-order valence-corrected chi connectivity index (χ1v) is 7.63. The third-order valence-electron chi connectivity index (χ3n) is 2.76. The average molecular weight is 310 g/mol. The molecule has 6 heteroatoms. The second-order valence-corrected chi connectivity index (χ2v) is 6.43. The molecular weight excluding hydrogens is 298 g/mol. The minimum atomic E-state index is -3.83. The minimum absolute atomic E-state index is 0.0533. The van der Waals surface area contributed by atoms with Crippen LogP contribution >= 0.6 is 11.6 Å². The van der Waals surface area contributed by atoms with Gasteiger partial charge in [-0.3, -0.25) is 4.79 Å². The molecule has 0 heterocycles. The number of rotatable bonds is 2. The van der Waals surface area contributed by atoms with Gasteiger partial charge in [-0.25, -0.2) is 0 Å². The summed E-state index contributed by atoms with van der Waals surface area (Å²) in [6.45, 7) is 3.51. The lowest BCUT2D eigenvalue weighted by Gasteiger charge is -2.06. The summed E-state index contributed by atoms with van der Waals surface area (Å²) < 4.78 is 28.3. The number of ketones is 1. The number of carbonyl (C=O) groups excluding carboxylic acids is 1. The molecule has 0 unspecified atom stereocenters. The monoisotopic (exact) mass is 309 g/mol. The van der Waals surface area contributed by atoms with Gasteiger partial charge >= 0.3 is 0 Å². The van der Waals surface area contributed by atoms with Gasteiger partial charge < -0.3 is 0 Å². The van der Waals surface area contributed by atoms with Crippen LogP contribution in [0.15, 0.2) is 50.8 Å². The first kappa shape index (κ1) is 14.7. The smallest absolute Gasteiger partial charge is 0.283 e. The van der Waals surface area contributed by atoms with Crippen molar-refractivity contribution in [3.05, 3.63) is 52.6 Å². The van der Waals surface area contributed by atoms with Crippen LogP contribution in [0, 0.1) is 13.8 Å². The van der Waals surface area contributed by atoms with E-state index in [1.165, 1.54) is 18.2 Å². The lowest BCUT2D eigenvalue weighted by Crippen LogP contribution is -2.08. The van der Waals surface area contributed by atoms with Crippen molar-refractivity contribution in [1.82, 2.24) is 0 Å². The molecule has 0 aliphatic heterocycles. The first-order valence-electron chi connectivity index (χ1n) is 5.81. The van der Waals surface area contributed by atoms with Gasteiger partial charge in [0, 0.05) is 0 Å². The Morgan fingerprint density at radius 2 is 1.85 bits per heavy atom. The van der Waals surface area contributed by atoms with E-state index in [1.54, 1.807) is 19.1 Å². The van der Waals surface area contributed by atoms with Gasteiger partial charge in [-0.1, -0.05) is 23.7 Å². The van der Waals surface area contributed by atoms with Crippen LogP contribution < -0.4 is 0 Å². The van der Waals surface area contributed by atoms with E-state index >= 15 is 0 Å². The van der Waals surface area contributed by atoms with Crippen LogP contribution in [0.2, 0.25) is 0 Å². The summed E-state index contributed by atoms with van der Waals surface area (Å²) in [5.74, 6) is -0.366. The fourth-order valence-corrected chi connectivity index (χ4v) is 3.19. The Hall–Kier alpha value is -1.72. The maximum Gasteiger partial charge on any atom is 0.283 e. The number of halogens is 1. The second kappa shape index (κ2) is 5.34. The van der Waals surface area contributed by atoms with Gasteiger partial charge in [-0.05, 0) is 49.3 Å². The van der Waals surface area contributed by atoms with Crippen molar-refractivity contribution in [2.24, 2.45) is 4.40 Å². The fourth-order valence-electron chi connectivity index (χ4n) is 1.72. The molecule has 1 aliphatic carbocycles. The molecule has 0 N–H and O–H groups in total.